The molecule has 92 valence electrons. The van der Waals surface area contributed by atoms with Crippen molar-refractivity contribution in [3.63, 3.8) is 0 Å². The minimum absolute atomic E-state index is 0.209. The SMILES string of the molecule is CN1c2ccccc2N(C)C1c1cccc(Cl)c1. The molecule has 3 rings (SSSR count). The minimum Gasteiger partial charge on any atom is -0.349 e. The van der Waals surface area contributed by atoms with Gasteiger partial charge in [-0.2, -0.15) is 0 Å². The zero-order valence-corrected chi connectivity index (χ0v) is 11.2. The Morgan fingerprint density at radius 3 is 2.06 bits per heavy atom. The van der Waals surface area contributed by atoms with Gasteiger partial charge in [0.15, 0.2) is 0 Å². The second-order valence-electron chi connectivity index (χ2n) is 4.64. The van der Waals surface area contributed by atoms with E-state index >= 15 is 0 Å². The lowest BCUT2D eigenvalue weighted by Crippen LogP contribution is -2.30. The molecule has 1 aliphatic heterocycles. The van der Waals surface area contributed by atoms with Crippen molar-refractivity contribution in [2.75, 3.05) is 23.9 Å². The van der Waals surface area contributed by atoms with E-state index in [1.54, 1.807) is 0 Å². The fourth-order valence-electron chi connectivity index (χ4n) is 2.70. The first-order chi connectivity index (χ1) is 8.68. The summed E-state index contributed by atoms with van der Waals surface area (Å²) in [7, 11) is 4.24. The Kier molecular flexibility index (Phi) is 2.67. The molecule has 0 spiro atoms. The molecule has 2 nitrogen and oxygen atoms in total. The number of benzene rings is 2. The second kappa shape index (κ2) is 4.21. The van der Waals surface area contributed by atoms with E-state index in [0.717, 1.165) is 5.02 Å². The van der Waals surface area contributed by atoms with Gasteiger partial charge in [-0.15, -0.1) is 0 Å². The zero-order chi connectivity index (χ0) is 12.7. The highest BCUT2D eigenvalue weighted by Crippen LogP contribution is 2.44. The Hall–Kier alpha value is -1.67. The molecule has 0 radical (unpaired) electrons. The third kappa shape index (κ3) is 1.65. The van der Waals surface area contributed by atoms with Crippen molar-refractivity contribution in [2.24, 2.45) is 0 Å². The van der Waals surface area contributed by atoms with Gasteiger partial charge in [-0.3, -0.25) is 0 Å². The van der Waals surface area contributed by atoms with Gasteiger partial charge in [0.25, 0.3) is 0 Å². The summed E-state index contributed by atoms with van der Waals surface area (Å²) >= 11 is 6.09. The van der Waals surface area contributed by atoms with Gasteiger partial charge in [0, 0.05) is 19.1 Å². The Morgan fingerprint density at radius 1 is 0.889 bits per heavy atom. The third-order valence-corrected chi connectivity index (χ3v) is 3.76. The predicted octanol–water partition coefficient (Wildman–Crippen LogP) is 3.92. The average molecular weight is 259 g/mol. The summed E-state index contributed by atoms with van der Waals surface area (Å²) in [5, 5.41) is 0.783. The molecular formula is C15H15ClN2. The molecule has 0 saturated heterocycles. The van der Waals surface area contributed by atoms with Crippen molar-refractivity contribution in [3.8, 4) is 0 Å². The summed E-state index contributed by atoms with van der Waals surface area (Å²) in [6, 6.07) is 16.5. The smallest absolute Gasteiger partial charge is 0.128 e. The highest BCUT2D eigenvalue weighted by molar-refractivity contribution is 6.30. The molecule has 0 N–H and O–H groups in total. The maximum Gasteiger partial charge on any atom is 0.128 e. The molecule has 2 aromatic rings. The van der Waals surface area contributed by atoms with Crippen LogP contribution in [0.5, 0.6) is 0 Å². The van der Waals surface area contributed by atoms with E-state index in [1.165, 1.54) is 16.9 Å². The Bertz CT molecular complexity index is 553. The van der Waals surface area contributed by atoms with E-state index in [-0.39, 0.29) is 6.17 Å². The lowest BCUT2D eigenvalue weighted by Gasteiger charge is -2.28. The number of nitrogens with zero attached hydrogens (tertiary/aromatic N) is 2. The second-order valence-corrected chi connectivity index (χ2v) is 5.08. The first kappa shape index (κ1) is 11.4. The first-order valence-corrected chi connectivity index (χ1v) is 6.36. The summed E-state index contributed by atoms with van der Waals surface area (Å²) in [6.07, 6.45) is 0.209. The molecule has 0 bridgehead atoms. The van der Waals surface area contributed by atoms with Crippen molar-refractivity contribution in [1.29, 1.82) is 0 Å². The summed E-state index contributed by atoms with van der Waals surface area (Å²) in [6.45, 7) is 0. The molecule has 1 heterocycles. The van der Waals surface area contributed by atoms with Gasteiger partial charge in [0.1, 0.15) is 6.17 Å². The monoisotopic (exact) mass is 258 g/mol. The zero-order valence-electron chi connectivity index (χ0n) is 10.5. The van der Waals surface area contributed by atoms with Crippen LogP contribution >= 0.6 is 11.6 Å². The molecule has 3 heteroatoms. The molecular weight excluding hydrogens is 244 g/mol. The van der Waals surface area contributed by atoms with Gasteiger partial charge < -0.3 is 9.80 Å². The van der Waals surface area contributed by atoms with Crippen molar-refractivity contribution >= 4 is 23.0 Å². The summed E-state index contributed by atoms with van der Waals surface area (Å²) in [5.74, 6) is 0. The van der Waals surface area contributed by atoms with Crippen LogP contribution < -0.4 is 9.80 Å². The molecule has 1 aliphatic rings. The maximum atomic E-state index is 6.09. The van der Waals surface area contributed by atoms with Crippen molar-refractivity contribution in [3.05, 3.63) is 59.1 Å². The number of hydrogen-bond acceptors (Lipinski definition) is 2. The van der Waals surface area contributed by atoms with E-state index in [0.29, 0.717) is 0 Å². The molecule has 2 aromatic carbocycles. The van der Waals surface area contributed by atoms with E-state index in [1.807, 2.05) is 18.2 Å². The summed E-state index contributed by atoms with van der Waals surface area (Å²) < 4.78 is 0. The topological polar surface area (TPSA) is 6.48 Å². The highest BCUT2D eigenvalue weighted by Gasteiger charge is 2.31. The summed E-state index contributed by atoms with van der Waals surface area (Å²) in [5.41, 5.74) is 3.72. The van der Waals surface area contributed by atoms with Gasteiger partial charge in [0.2, 0.25) is 0 Å². The van der Waals surface area contributed by atoms with Crippen LogP contribution in [0.3, 0.4) is 0 Å². The first-order valence-electron chi connectivity index (χ1n) is 5.98. The van der Waals surface area contributed by atoms with E-state index in [4.69, 9.17) is 11.6 Å². The molecule has 0 unspecified atom stereocenters. The van der Waals surface area contributed by atoms with Crippen molar-refractivity contribution in [1.82, 2.24) is 0 Å². The molecule has 0 saturated carbocycles. The average Bonchev–Trinajstić information content (AvgIpc) is 2.63. The standard InChI is InChI=1S/C15H15ClN2/c1-17-13-8-3-4-9-14(13)18(2)15(17)11-6-5-7-12(16)10-11/h3-10,15H,1-2H3. The third-order valence-electron chi connectivity index (χ3n) is 3.52. The normalized spacial score (nSPS) is 15.1. The number of fused-ring (bicyclic) bond motifs is 1. The van der Waals surface area contributed by atoms with Gasteiger partial charge in [0.05, 0.1) is 11.4 Å². The molecule has 0 atom stereocenters. The van der Waals surface area contributed by atoms with Crippen LogP contribution in [0.15, 0.2) is 48.5 Å². The quantitative estimate of drug-likeness (QED) is 0.765. The van der Waals surface area contributed by atoms with Gasteiger partial charge in [-0.25, -0.2) is 0 Å². The van der Waals surface area contributed by atoms with E-state index < -0.39 is 0 Å². The maximum absolute atomic E-state index is 6.09. The van der Waals surface area contributed by atoms with Gasteiger partial charge >= 0.3 is 0 Å². The number of rotatable bonds is 1. The van der Waals surface area contributed by atoms with Crippen molar-refractivity contribution < 1.29 is 0 Å². The van der Waals surface area contributed by atoms with Crippen LogP contribution in [-0.2, 0) is 0 Å². The van der Waals surface area contributed by atoms with Crippen LogP contribution in [0.1, 0.15) is 11.7 Å². The number of halogens is 1. The number of anilines is 2. The Balaban J connectivity index is 2.06. The largest absolute Gasteiger partial charge is 0.349 e. The Morgan fingerprint density at radius 2 is 1.50 bits per heavy atom. The lowest BCUT2D eigenvalue weighted by molar-refractivity contribution is 0.694. The molecule has 0 fully saturated rings. The minimum atomic E-state index is 0.209. The predicted molar refractivity (Wildman–Crippen MR) is 77.4 cm³/mol. The highest BCUT2D eigenvalue weighted by atomic mass is 35.5. The van der Waals surface area contributed by atoms with Crippen molar-refractivity contribution in [2.45, 2.75) is 6.17 Å². The van der Waals surface area contributed by atoms with Crippen LogP contribution in [0.4, 0.5) is 11.4 Å². The van der Waals surface area contributed by atoms with Crippen LogP contribution in [0, 0.1) is 0 Å². The fraction of sp³-hybridized carbons (Fsp3) is 0.200. The molecule has 18 heavy (non-hydrogen) atoms. The lowest BCUT2D eigenvalue weighted by atomic mass is 10.1. The number of para-hydroxylation sites is 2. The molecule has 0 aromatic heterocycles. The van der Waals surface area contributed by atoms with Crippen LogP contribution in [0.25, 0.3) is 0 Å². The van der Waals surface area contributed by atoms with Gasteiger partial charge in [-0.05, 0) is 29.8 Å². The van der Waals surface area contributed by atoms with Gasteiger partial charge in [-0.1, -0.05) is 35.9 Å². The van der Waals surface area contributed by atoms with Crippen LogP contribution in [-0.4, -0.2) is 14.1 Å². The summed E-state index contributed by atoms with van der Waals surface area (Å²) in [4.78, 5) is 4.56. The molecule has 0 amide bonds. The molecule has 0 aliphatic carbocycles. The van der Waals surface area contributed by atoms with E-state index in [9.17, 15) is 0 Å². The van der Waals surface area contributed by atoms with E-state index in [2.05, 4.69) is 54.2 Å². The Labute approximate surface area is 112 Å². The van der Waals surface area contributed by atoms with Crippen LogP contribution in [0.2, 0.25) is 5.02 Å². The number of hydrogen-bond donors (Lipinski definition) is 0. The fourth-order valence-corrected chi connectivity index (χ4v) is 2.90.